The summed E-state index contributed by atoms with van der Waals surface area (Å²) in [4.78, 5) is 0. The molecule has 0 aliphatic carbocycles. The molecule has 0 atom stereocenters. The fraction of sp³-hybridized carbons (Fsp3) is 0.286. The molecule has 4 nitrogen and oxygen atoms in total. The summed E-state index contributed by atoms with van der Waals surface area (Å²) in [5.41, 5.74) is 1.86. The zero-order valence-corrected chi connectivity index (χ0v) is 13.9. The van der Waals surface area contributed by atoms with Crippen molar-refractivity contribution in [2.45, 2.75) is 19.9 Å². The van der Waals surface area contributed by atoms with Gasteiger partial charge in [0.05, 0.1) is 21.9 Å². The summed E-state index contributed by atoms with van der Waals surface area (Å²) in [7, 11) is 0. The number of nitrogens with one attached hydrogen (secondary N) is 2. The van der Waals surface area contributed by atoms with Gasteiger partial charge in [-0.25, -0.2) is 0 Å². The number of nitrogens with zero attached hydrogens (tertiary/aromatic N) is 2. The summed E-state index contributed by atoms with van der Waals surface area (Å²) >= 11 is 17.3. The van der Waals surface area contributed by atoms with Crippen molar-refractivity contribution in [3.8, 4) is 0 Å². The SMILES string of the molecule is Cc1cnn(CCCNC(=S)Nc2cccc(Cl)c2Cl)c1. The topological polar surface area (TPSA) is 41.9 Å². The van der Waals surface area contributed by atoms with Gasteiger partial charge in [-0.2, -0.15) is 5.10 Å². The number of hydrogen-bond donors (Lipinski definition) is 2. The summed E-state index contributed by atoms with van der Waals surface area (Å²) in [6.45, 7) is 3.62. The Morgan fingerprint density at radius 2 is 2.19 bits per heavy atom. The van der Waals surface area contributed by atoms with Crippen molar-refractivity contribution in [3.05, 3.63) is 46.2 Å². The first-order chi connectivity index (χ1) is 10.1. The van der Waals surface area contributed by atoms with Crippen molar-refractivity contribution in [1.29, 1.82) is 0 Å². The van der Waals surface area contributed by atoms with Crippen LogP contribution >= 0.6 is 35.4 Å². The second kappa shape index (κ2) is 7.64. The third-order valence-electron chi connectivity index (χ3n) is 2.81. The summed E-state index contributed by atoms with van der Waals surface area (Å²) in [5.74, 6) is 0. The molecule has 21 heavy (non-hydrogen) atoms. The van der Waals surface area contributed by atoms with Crippen LogP contribution in [0.2, 0.25) is 10.0 Å². The standard InChI is InChI=1S/C14H16Cl2N4S/c1-10-8-18-20(9-10)7-3-6-17-14(21)19-12-5-2-4-11(15)13(12)16/h2,4-5,8-9H,3,6-7H2,1H3,(H2,17,19,21). The molecule has 0 spiro atoms. The van der Waals surface area contributed by atoms with Crippen LogP contribution in [0.25, 0.3) is 0 Å². The summed E-state index contributed by atoms with van der Waals surface area (Å²) < 4.78 is 1.92. The fourth-order valence-electron chi connectivity index (χ4n) is 1.80. The highest BCUT2D eigenvalue weighted by Gasteiger charge is 2.05. The van der Waals surface area contributed by atoms with Gasteiger partial charge in [0.1, 0.15) is 0 Å². The second-order valence-electron chi connectivity index (χ2n) is 4.62. The first-order valence-electron chi connectivity index (χ1n) is 6.54. The molecule has 0 fully saturated rings. The molecule has 112 valence electrons. The third kappa shape index (κ3) is 4.88. The molecule has 7 heteroatoms. The number of thiocarbonyl (C=S) groups is 1. The Hall–Kier alpha value is -1.30. The van der Waals surface area contributed by atoms with Crippen LogP contribution in [0.5, 0.6) is 0 Å². The van der Waals surface area contributed by atoms with E-state index >= 15 is 0 Å². The predicted octanol–water partition coefficient (Wildman–Crippen LogP) is 3.88. The maximum absolute atomic E-state index is 6.09. The molecule has 1 heterocycles. The van der Waals surface area contributed by atoms with Crippen molar-refractivity contribution in [3.63, 3.8) is 0 Å². The Kier molecular flexibility index (Phi) is 5.85. The van der Waals surface area contributed by atoms with Gasteiger partial charge >= 0.3 is 0 Å². The maximum Gasteiger partial charge on any atom is 0.170 e. The van der Waals surface area contributed by atoms with Gasteiger partial charge < -0.3 is 10.6 Å². The number of aromatic nitrogens is 2. The number of rotatable bonds is 5. The Morgan fingerprint density at radius 1 is 1.38 bits per heavy atom. The average Bonchev–Trinajstić information content (AvgIpc) is 2.86. The minimum absolute atomic E-state index is 0.468. The van der Waals surface area contributed by atoms with Crippen molar-refractivity contribution in [2.24, 2.45) is 0 Å². The smallest absolute Gasteiger partial charge is 0.170 e. The molecular formula is C14H16Cl2N4S. The van der Waals surface area contributed by atoms with Gasteiger partial charge in [0.25, 0.3) is 0 Å². The number of anilines is 1. The third-order valence-corrected chi connectivity index (χ3v) is 3.88. The number of aryl methyl sites for hydroxylation is 2. The highest BCUT2D eigenvalue weighted by molar-refractivity contribution is 7.80. The summed E-state index contributed by atoms with van der Waals surface area (Å²) in [6.07, 6.45) is 4.79. The number of benzene rings is 1. The van der Waals surface area contributed by atoms with E-state index in [4.69, 9.17) is 35.4 Å². The van der Waals surface area contributed by atoms with Crippen molar-refractivity contribution < 1.29 is 0 Å². The average molecular weight is 343 g/mol. The first kappa shape index (κ1) is 16.1. The lowest BCUT2D eigenvalue weighted by Gasteiger charge is -2.12. The Balaban J connectivity index is 1.73. The zero-order chi connectivity index (χ0) is 15.2. The van der Waals surface area contributed by atoms with E-state index in [-0.39, 0.29) is 0 Å². The minimum Gasteiger partial charge on any atom is -0.362 e. The van der Waals surface area contributed by atoms with Gasteiger partial charge in [0.15, 0.2) is 5.11 Å². The van der Waals surface area contributed by atoms with Crippen LogP contribution in [-0.4, -0.2) is 21.4 Å². The molecule has 0 aliphatic heterocycles. The highest BCUT2D eigenvalue weighted by atomic mass is 35.5. The van der Waals surface area contributed by atoms with Crippen LogP contribution in [0.1, 0.15) is 12.0 Å². The first-order valence-corrected chi connectivity index (χ1v) is 7.70. The largest absolute Gasteiger partial charge is 0.362 e. The number of halogens is 2. The van der Waals surface area contributed by atoms with E-state index in [1.54, 1.807) is 6.07 Å². The molecular weight excluding hydrogens is 327 g/mol. The number of hydrogen-bond acceptors (Lipinski definition) is 2. The van der Waals surface area contributed by atoms with Crippen molar-refractivity contribution in [1.82, 2.24) is 15.1 Å². The Bertz CT molecular complexity index is 627. The molecule has 1 aromatic heterocycles. The van der Waals surface area contributed by atoms with E-state index in [9.17, 15) is 0 Å². The van der Waals surface area contributed by atoms with Crippen LogP contribution in [0.15, 0.2) is 30.6 Å². The lowest BCUT2D eigenvalue weighted by Crippen LogP contribution is -2.29. The molecule has 2 rings (SSSR count). The lowest BCUT2D eigenvalue weighted by atomic mass is 10.3. The van der Waals surface area contributed by atoms with E-state index in [1.807, 2.05) is 36.1 Å². The van der Waals surface area contributed by atoms with Crippen LogP contribution in [0, 0.1) is 6.92 Å². The van der Waals surface area contributed by atoms with Gasteiger partial charge in [-0.3, -0.25) is 4.68 Å². The Morgan fingerprint density at radius 3 is 2.90 bits per heavy atom. The van der Waals surface area contributed by atoms with Gasteiger partial charge in [0.2, 0.25) is 0 Å². The van der Waals surface area contributed by atoms with Gasteiger partial charge in [-0.15, -0.1) is 0 Å². The minimum atomic E-state index is 0.468. The fourth-order valence-corrected chi connectivity index (χ4v) is 2.36. The quantitative estimate of drug-likeness (QED) is 0.639. The van der Waals surface area contributed by atoms with E-state index in [0.717, 1.165) is 25.1 Å². The monoisotopic (exact) mass is 342 g/mol. The maximum atomic E-state index is 6.09. The molecule has 0 saturated heterocycles. The van der Waals surface area contributed by atoms with E-state index in [0.29, 0.717) is 20.8 Å². The van der Waals surface area contributed by atoms with E-state index < -0.39 is 0 Å². The van der Waals surface area contributed by atoms with Crippen molar-refractivity contribution in [2.75, 3.05) is 11.9 Å². The molecule has 0 bridgehead atoms. The van der Waals surface area contributed by atoms with Crippen LogP contribution in [0.4, 0.5) is 5.69 Å². The van der Waals surface area contributed by atoms with Gasteiger partial charge in [-0.1, -0.05) is 29.3 Å². The van der Waals surface area contributed by atoms with Crippen LogP contribution in [0.3, 0.4) is 0 Å². The predicted molar refractivity (Wildman–Crippen MR) is 92.3 cm³/mol. The van der Waals surface area contributed by atoms with E-state index in [2.05, 4.69) is 15.7 Å². The van der Waals surface area contributed by atoms with Gasteiger partial charge in [-0.05, 0) is 43.3 Å². The molecule has 1 aromatic carbocycles. The van der Waals surface area contributed by atoms with Crippen LogP contribution < -0.4 is 10.6 Å². The highest BCUT2D eigenvalue weighted by Crippen LogP contribution is 2.29. The van der Waals surface area contributed by atoms with Crippen LogP contribution in [-0.2, 0) is 6.54 Å². The molecule has 0 saturated carbocycles. The Labute approximate surface area is 139 Å². The molecule has 0 unspecified atom stereocenters. The molecule has 2 aromatic rings. The molecule has 2 N–H and O–H groups in total. The lowest BCUT2D eigenvalue weighted by molar-refractivity contribution is 0.573. The zero-order valence-electron chi connectivity index (χ0n) is 11.6. The molecule has 0 aliphatic rings. The summed E-state index contributed by atoms with van der Waals surface area (Å²) in [6, 6.07) is 5.38. The van der Waals surface area contributed by atoms with Gasteiger partial charge in [0, 0.05) is 19.3 Å². The molecule has 0 radical (unpaired) electrons. The normalized spacial score (nSPS) is 10.4. The second-order valence-corrected chi connectivity index (χ2v) is 5.81. The van der Waals surface area contributed by atoms with Crippen molar-refractivity contribution >= 4 is 46.2 Å². The molecule has 0 amide bonds. The van der Waals surface area contributed by atoms with E-state index in [1.165, 1.54) is 0 Å². The summed E-state index contributed by atoms with van der Waals surface area (Å²) in [5, 5.41) is 11.9.